The fraction of sp³-hybridized carbons (Fsp3) is 0.500. The Hall–Kier alpha value is -2.53. The largest absolute Gasteiger partial charge is 0.477 e. The molecule has 3 rings (SSSR count). The number of carboxylic acids is 1. The molecule has 162 valence electrons. The number of carbonyl (C=O) groups is 4. The summed E-state index contributed by atoms with van der Waals surface area (Å²) in [4.78, 5) is 49.3. The lowest BCUT2D eigenvalue weighted by atomic mass is 10.0. The number of nitrogens with zero attached hydrogens (tertiary/aromatic N) is 3. The highest BCUT2D eigenvalue weighted by atomic mass is 35.5. The average molecular weight is 457 g/mol. The third-order valence-electron chi connectivity index (χ3n) is 4.98. The zero-order chi connectivity index (χ0) is 22.3. The van der Waals surface area contributed by atoms with Gasteiger partial charge >= 0.3 is 11.9 Å². The number of amides is 2. The molecule has 1 fully saturated rings. The molecule has 0 spiro atoms. The van der Waals surface area contributed by atoms with Crippen molar-refractivity contribution in [3.8, 4) is 0 Å². The Kier molecular flexibility index (Phi) is 6.14. The number of rotatable bonds is 6. The van der Waals surface area contributed by atoms with Gasteiger partial charge in [0, 0.05) is 18.2 Å². The van der Waals surface area contributed by atoms with Gasteiger partial charge in [0.05, 0.1) is 16.4 Å². The zero-order valence-corrected chi connectivity index (χ0v) is 18.3. The molecule has 30 heavy (non-hydrogen) atoms. The summed E-state index contributed by atoms with van der Waals surface area (Å²) in [6.07, 6.45) is 0. The van der Waals surface area contributed by atoms with E-state index in [1.807, 2.05) is 0 Å². The van der Waals surface area contributed by atoms with E-state index >= 15 is 0 Å². The lowest BCUT2D eigenvalue weighted by Gasteiger charge is -2.49. The first-order valence-electron chi connectivity index (χ1n) is 9.09. The Balaban J connectivity index is 1.74. The number of carbonyl (C=O) groups excluding carboxylic acids is 3. The van der Waals surface area contributed by atoms with Gasteiger partial charge in [-0.2, -0.15) is 5.10 Å². The van der Waals surface area contributed by atoms with E-state index in [9.17, 15) is 24.3 Å². The third kappa shape index (κ3) is 3.79. The molecule has 0 saturated carbocycles. The number of hydrogen-bond donors (Lipinski definition) is 2. The number of esters is 1. The highest BCUT2D eigenvalue weighted by Crippen LogP contribution is 2.40. The van der Waals surface area contributed by atoms with Crippen LogP contribution in [0.2, 0.25) is 5.02 Å². The maximum Gasteiger partial charge on any atom is 0.352 e. The maximum absolute atomic E-state index is 12.7. The van der Waals surface area contributed by atoms with Crippen molar-refractivity contribution in [2.45, 2.75) is 45.2 Å². The summed E-state index contributed by atoms with van der Waals surface area (Å²) in [6, 6.07) is -1.57. The van der Waals surface area contributed by atoms with Crippen molar-refractivity contribution >= 4 is 47.1 Å². The van der Waals surface area contributed by atoms with E-state index in [2.05, 4.69) is 10.4 Å². The topological polar surface area (TPSA) is 131 Å². The Morgan fingerprint density at radius 3 is 2.60 bits per heavy atom. The van der Waals surface area contributed by atoms with Crippen LogP contribution < -0.4 is 5.32 Å². The van der Waals surface area contributed by atoms with E-state index in [0.717, 1.165) is 4.90 Å². The number of carboxylic acid groups (broad SMARTS) is 1. The van der Waals surface area contributed by atoms with Crippen LogP contribution in [0.25, 0.3) is 0 Å². The summed E-state index contributed by atoms with van der Waals surface area (Å²) in [5, 5.41) is 16.4. The Morgan fingerprint density at radius 1 is 1.40 bits per heavy atom. The minimum Gasteiger partial charge on any atom is -0.477 e. The molecule has 1 saturated heterocycles. The molecule has 0 aliphatic carbocycles. The van der Waals surface area contributed by atoms with Gasteiger partial charge in [0.25, 0.3) is 5.91 Å². The minimum absolute atomic E-state index is 0.200. The van der Waals surface area contributed by atoms with E-state index in [1.54, 1.807) is 20.8 Å². The van der Waals surface area contributed by atoms with Gasteiger partial charge in [0.1, 0.15) is 29.8 Å². The highest BCUT2D eigenvalue weighted by molar-refractivity contribution is 8.00. The quantitative estimate of drug-likeness (QED) is 0.479. The van der Waals surface area contributed by atoms with Crippen LogP contribution >= 0.6 is 23.4 Å². The lowest BCUT2D eigenvalue weighted by molar-refractivity contribution is -0.151. The van der Waals surface area contributed by atoms with Crippen molar-refractivity contribution in [2.75, 3.05) is 12.4 Å². The van der Waals surface area contributed by atoms with E-state index in [0.29, 0.717) is 22.0 Å². The van der Waals surface area contributed by atoms with Crippen LogP contribution in [-0.2, 0) is 23.9 Å². The van der Waals surface area contributed by atoms with Crippen molar-refractivity contribution in [1.29, 1.82) is 0 Å². The van der Waals surface area contributed by atoms with Gasteiger partial charge in [-0.3, -0.25) is 24.0 Å². The molecule has 2 aliphatic rings. The predicted molar refractivity (Wildman–Crippen MR) is 108 cm³/mol. The van der Waals surface area contributed by atoms with Gasteiger partial charge in [-0.15, -0.1) is 11.8 Å². The van der Waals surface area contributed by atoms with Gasteiger partial charge in [-0.25, -0.2) is 4.79 Å². The van der Waals surface area contributed by atoms with Gasteiger partial charge in [-0.05, 0) is 20.8 Å². The maximum atomic E-state index is 12.7. The molecule has 3 atom stereocenters. The number of aromatic nitrogens is 2. The number of ether oxygens (including phenoxy) is 1. The number of aryl methyl sites for hydroxylation is 1. The molecule has 0 aromatic carbocycles. The van der Waals surface area contributed by atoms with Gasteiger partial charge < -0.3 is 15.2 Å². The molecule has 0 bridgehead atoms. The first kappa shape index (κ1) is 22.2. The number of hydrogen-bond acceptors (Lipinski definition) is 7. The van der Waals surface area contributed by atoms with E-state index in [4.69, 9.17) is 16.3 Å². The number of thioether (sulfide) groups is 1. The second kappa shape index (κ2) is 8.31. The normalized spacial score (nSPS) is 21.6. The number of β-lactam (4-membered cyclic amide) rings is 1. The van der Waals surface area contributed by atoms with Crippen molar-refractivity contribution < 1.29 is 29.0 Å². The Labute approximate surface area is 181 Å². The van der Waals surface area contributed by atoms with Gasteiger partial charge in [0.2, 0.25) is 5.91 Å². The molecule has 2 N–H and O–H groups in total. The summed E-state index contributed by atoms with van der Waals surface area (Å²) in [6.45, 7) is 6.13. The molecule has 1 aromatic heterocycles. The van der Waals surface area contributed by atoms with Crippen LogP contribution in [-0.4, -0.2) is 67.3 Å². The number of aliphatic carboxylic acids is 1. The van der Waals surface area contributed by atoms with Crippen molar-refractivity contribution in [2.24, 2.45) is 0 Å². The Bertz CT molecular complexity index is 974. The third-order valence-corrected chi connectivity index (χ3v) is 6.87. The molecule has 0 radical (unpaired) electrons. The second-order valence-electron chi connectivity index (χ2n) is 7.04. The fourth-order valence-corrected chi connectivity index (χ4v) is 4.84. The SMILES string of the molecule is CC(=O)OCC1=C(C(=O)O)N2C(=O)[C@H](NC(=O)[C@@H](C)n3nc(C)c(Cl)c3C)[C@H]2SC1. The summed E-state index contributed by atoms with van der Waals surface area (Å²) < 4.78 is 6.39. The van der Waals surface area contributed by atoms with Crippen LogP contribution in [0, 0.1) is 13.8 Å². The number of fused-ring (bicyclic) bond motifs is 1. The van der Waals surface area contributed by atoms with Crippen molar-refractivity contribution in [1.82, 2.24) is 20.0 Å². The van der Waals surface area contributed by atoms with Crippen LogP contribution in [0.1, 0.15) is 31.3 Å². The first-order valence-corrected chi connectivity index (χ1v) is 10.5. The van der Waals surface area contributed by atoms with Crippen LogP contribution in [0.5, 0.6) is 0 Å². The smallest absolute Gasteiger partial charge is 0.352 e. The van der Waals surface area contributed by atoms with E-state index in [1.165, 1.54) is 23.4 Å². The monoisotopic (exact) mass is 456 g/mol. The fourth-order valence-electron chi connectivity index (χ4n) is 3.39. The molecule has 2 amide bonds. The van der Waals surface area contributed by atoms with Crippen LogP contribution in [0.3, 0.4) is 0 Å². The number of halogens is 1. The molecule has 0 unspecified atom stereocenters. The molecule has 12 heteroatoms. The molecule has 1 aromatic rings. The van der Waals surface area contributed by atoms with Crippen molar-refractivity contribution in [3.05, 3.63) is 27.7 Å². The van der Waals surface area contributed by atoms with Gasteiger partial charge in [0.15, 0.2) is 0 Å². The Morgan fingerprint density at radius 2 is 2.07 bits per heavy atom. The highest BCUT2D eigenvalue weighted by Gasteiger charge is 2.54. The standard InChI is InChI=1S/C18H21ClN4O6S/c1-7-12(19)8(2)23(21-7)9(3)15(25)20-13-16(26)22-14(18(27)28)11(5-29-10(4)24)6-30-17(13)22/h9,13,17H,5-6H2,1-4H3,(H,20,25)(H,27,28)/t9-,13+,17-/m1/s1. The summed E-state index contributed by atoms with van der Waals surface area (Å²) in [5.41, 5.74) is 1.37. The molecular weight excluding hydrogens is 436 g/mol. The average Bonchev–Trinajstić information content (AvgIpc) is 2.95. The first-order chi connectivity index (χ1) is 14.0. The van der Waals surface area contributed by atoms with Crippen molar-refractivity contribution in [3.63, 3.8) is 0 Å². The predicted octanol–water partition coefficient (Wildman–Crippen LogP) is 1.02. The summed E-state index contributed by atoms with van der Waals surface area (Å²) >= 11 is 7.44. The number of nitrogens with one attached hydrogen (secondary N) is 1. The molecule has 2 aliphatic heterocycles. The molecule has 3 heterocycles. The zero-order valence-electron chi connectivity index (χ0n) is 16.8. The van der Waals surface area contributed by atoms with E-state index in [-0.39, 0.29) is 18.1 Å². The molecule has 10 nitrogen and oxygen atoms in total. The minimum atomic E-state index is -1.29. The lowest BCUT2D eigenvalue weighted by Crippen LogP contribution is -2.71. The molecular formula is C18H21ClN4O6S. The van der Waals surface area contributed by atoms with E-state index < -0.39 is 41.2 Å². The van der Waals surface area contributed by atoms with Crippen LogP contribution in [0.15, 0.2) is 11.3 Å². The van der Waals surface area contributed by atoms with Crippen LogP contribution in [0.4, 0.5) is 0 Å². The van der Waals surface area contributed by atoms with Gasteiger partial charge in [-0.1, -0.05) is 11.6 Å². The summed E-state index contributed by atoms with van der Waals surface area (Å²) in [5.74, 6) is -2.53. The summed E-state index contributed by atoms with van der Waals surface area (Å²) in [7, 11) is 0. The second-order valence-corrected chi connectivity index (χ2v) is 8.52.